The zero-order valence-corrected chi connectivity index (χ0v) is 8.06. The van der Waals surface area contributed by atoms with E-state index in [0.29, 0.717) is 5.25 Å². The van der Waals surface area contributed by atoms with Crippen molar-refractivity contribution in [1.82, 2.24) is 0 Å². The normalized spacial score (nSPS) is 10.6. The number of rotatable bonds is 2. The van der Waals surface area contributed by atoms with Crippen LogP contribution in [0.3, 0.4) is 0 Å². The molecule has 0 spiro atoms. The standard InChI is InChI=1S/C9H13NOS/c1-6(2)12-9-5-7(11)3-4-8(9)10/h3-6,11H,10H2,1-2H3. The van der Waals surface area contributed by atoms with Gasteiger partial charge in [0.25, 0.3) is 0 Å². The minimum absolute atomic E-state index is 0.271. The minimum atomic E-state index is 0.271. The predicted octanol–water partition coefficient (Wildman–Crippen LogP) is 2.47. The lowest BCUT2D eigenvalue weighted by Gasteiger charge is -2.07. The lowest BCUT2D eigenvalue weighted by atomic mass is 10.3. The molecule has 0 fully saturated rings. The molecule has 1 aromatic rings. The molecule has 0 bridgehead atoms. The monoisotopic (exact) mass is 183 g/mol. The molecule has 3 N–H and O–H groups in total. The van der Waals surface area contributed by atoms with Crippen LogP contribution in [-0.2, 0) is 0 Å². The number of hydrogen-bond donors (Lipinski definition) is 2. The van der Waals surface area contributed by atoms with Crippen LogP contribution in [0.4, 0.5) is 5.69 Å². The van der Waals surface area contributed by atoms with Gasteiger partial charge in [0.1, 0.15) is 5.75 Å². The summed E-state index contributed by atoms with van der Waals surface area (Å²) in [6.07, 6.45) is 0. The molecule has 1 aromatic carbocycles. The SMILES string of the molecule is CC(C)Sc1cc(O)ccc1N. The highest BCUT2D eigenvalue weighted by Crippen LogP contribution is 2.31. The molecule has 66 valence electrons. The van der Waals surface area contributed by atoms with Gasteiger partial charge in [0.15, 0.2) is 0 Å². The molecule has 1 rings (SSSR count). The van der Waals surface area contributed by atoms with Crippen molar-refractivity contribution in [3.8, 4) is 5.75 Å². The zero-order chi connectivity index (χ0) is 9.14. The highest BCUT2D eigenvalue weighted by molar-refractivity contribution is 8.00. The number of benzene rings is 1. The van der Waals surface area contributed by atoms with Gasteiger partial charge < -0.3 is 10.8 Å². The highest BCUT2D eigenvalue weighted by atomic mass is 32.2. The maximum absolute atomic E-state index is 9.18. The third kappa shape index (κ3) is 2.34. The lowest BCUT2D eigenvalue weighted by Crippen LogP contribution is -1.91. The van der Waals surface area contributed by atoms with Crippen LogP contribution in [0, 0.1) is 0 Å². The third-order valence-corrected chi connectivity index (χ3v) is 2.44. The third-order valence-electron chi connectivity index (χ3n) is 1.36. The van der Waals surface area contributed by atoms with E-state index < -0.39 is 0 Å². The highest BCUT2D eigenvalue weighted by Gasteiger charge is 2.03. The van der Waals surface area contributed by atoms with Gasteiger partial charge in [0.05, 0.1) is 0 Å². The summed E-state index contributed by atoms with van der Waals surface area (Å²) < 4.78 is 0. The van der Waals surface area contributed by atoms with Gasteiger partial charge in [-0.25, -0.2) is 0 Å². The summed E-state index contributed by atoms with van der Waals surface area (Å²) >= 11 is 1.65. The van der Waals surface area contributed by atoms with Gasteiger partial charge in [-0.1, -0.05) is 13.8 Å². The first-order chi connectivity index (χ1) is 5.59. The summed E-state index contributed by atoms with van der Waals surface area (Å²) in [5, 5.41) is 9.66. The predicted molar refractivity (Wildman–Crippen MR) is 53.5 cm³/mol. The van der Waals surface area contributed by atoms with Crippen molar-refractivity contribution in [1.29, 1.82) is 0 Å². The van der Waals surface area contributed by atoms with Crippen molar-refractivity contribution in [2.75, 3.05) is 5.73 Å². The van der Waals surface area contributed by atoms with Gasteiger partial charge in [-0.15, -0.1) is 11.8 Å². The van der Waals surface area contributed by atoms with Crippen molar-refractivity contribution in [2.24, 2.45) is 0 Å². The van der Waals surface area contributed by atoms with E-state index in [1.807, 2.05) is 0 Å². The van der Waals surface area contributed by atoms with Gasteiger partial charge >= 0.3 is 0 Å². The molecule has 12 heavy (non-hydrogen) atoms. The number of phenols is 1. The number of nitrogens with two attached hydrogens (primary N) is 1. The van der Waals surface area contributed by atoms with Crippen molar-refractivity contribution < 1.29 is 5.11 Å². The van der Waals surface area contributed by atoms with Crippen LogP contribution in [-0.4, -0.2) is 10.4 Å². The average Bonchev–Trinajstić information content (AvgIpc) is 1.96. The second kappa shape index (κ2) is 3.72. The molecule has 0 saturated heterocycles. The van der Waals surface area contributed by atoms with Gasteiger partial charge in [0.2, 0.25) is 0 Å². The molecule has 0 amide bonds. The fourth-order valence-electron chi connectivity index (χ4n) is 0.879. The number of nitrogen functional groups attached to an aromatic ring is 1. The Morgan fingerprint density at radius 2 is 2.08 bits per heavy atom. The molecular formula is C9H13NOS. The van der Waals surface area contributed by atoms with Gasteiger partial charge in [-0.3, -0.25) is 0 Å². The zero-order valence-electron chi connectivity index (χ0n) is 7.24. The van der Waals surface area contributed by atoms with Crippen molar-refractivity contribution in [3.63, 3.8) is 0 Å². The van der Waals surface area contributed by atoms with Gasteiger partial charge in [-0.2, -0.15) is 0 Å². The summed E-state index contributed by atoms with van der Waals surface area (Å²) in [6, 6.07) is 5.01. The van der Waals surface area contributed by atoms with Crippen molar-refractivity contribution in [3.05, 3.63) is 18.2 Å². The Kier molecular flexibility index (Phi) is 2.87. The molecule has 0 aromatic heterocycles. The number of thioether (sulfide) groups is 1. The topological polar surface area (TPSA) is 46.2 Å². The molecule has 0 aliphatic rings. The second-order valence-electron chi connectivity index (χ2n) is 2.89. The van der Waals surface area contributed by atoms with Gasteiger partial charge in [-0.05, 0) is 18.2 Å². The van der Waals surface area contributed by atoms with Crippen LogP contribution in [0.2, 0.25) is 0 Å². The summed E-state index contributed by atoms with van der Waals surface area (Å²) in [6.45, 7) is 4.18. The summed E-state index contributed by atoms with van der Waals surface area (Å²) in [4.78, 5) is 0.949. The molecule has 2 nitrogen and oxygen atoms in total. The Hall–Kier alpha value is -0.830. The van der Waals surface area contributed by atoms with Crippen LogP contribution in [0.1, 0.15) is 13.8 Å². The molecule has 0 radical (unpaired) electrons. The Labute approximate surface area is 76.8 Å². The van der Waals surface area contributed by atoms with E-state index >= 15 is 0 Å². The smallest absolute Gasteiger partial charge is 0.116 e. The van der Waals surface area contributed by atoms with E-state index in [4.69, 9.17) is 5.73 Å². The molecule has 0 unspecified atom stereocenters. The van der Waals surface area contributed by atoms with Crippen LogP contribution in [0.25, 0.3) is 0 Å². The quantitative estimate of drug-likeness (QED) is 0.420. The molecule has 0 heterocycles. The fraction of sp³-hybridized carbons (Fsp3) is 0.333. The first-order valence-corrected chi connectivity index (χ1v) is 4.72. The molecule has 0 saturated carbocycles. The summed E-state index contributed by atoms with van der Waals surface area (Å²) in [5.74, 6) is 0.271. The maximum Gasteiger partial charge on any atom is 0.116 e. The Morgan fingerprint density at radius 1 is 1.42 bits per heavy atom. The van der Waals surface area contributed by atoms with Gasteiger partial charge in [0, 0.05) is 15.8 Å². The Morgan fingerprint density at radius 3 is 2.67 bits per heavy atom. The largest absolute Gasteiger partial charge is 0.508 e. The van der Waals surface area contributed by atoms with Crippen molar-refractivity contribution in [2.45, 2.75) is 24.0 Å². The fourth-order valence-corrected chi connectivity index (χ4v) is 1.78. The van der Waals surface area contributed by atoms with E-state index in [2.05, 4.69) is 13.8 Å². The number of phenolic OH excluding ortho intramolecular Hbond substituents is 1. The van der Waals surface area contributed by atoms with E-state index in [-0.39, 0.29) is 5.75 Å². The van der Waals surface area contributed by atoms with E-state index in [1.165, 1.54) is 0 Å². The lowest BCUT2D eigenvalue weighted by molar-refractivity contribution is 0.474. The first-order valence-electron chi connectivity index (χ1n) is 3.84. The molecule has 3 heteroatoms. The Balaban J connectivity index is 2.90. The second-order valence-corrected chi connectivity index (χ2v) is 4.51. The summed E-state index contributed by atoms with van der Waals surface area (Å²) in [5.41, 5.74) is 6.43. The molecule has 0 aliphatic carbocycles. The van der Waals surface area contributed by atoms with Crippen molar-refractivity contribution >= 4 is 17.4 Å². The molecule has 0 atom stereocenters. The van der Waals surface area contributed by atoms with Crippen LogP contribution in [0.5, 0.6) is 5.75 Å². The van der Waals surface area contributed by atoms with E-state index in [1.54, 1.807) is 30.0 Å². The van der Waals surface area contributed by atoms with E-state index in [9.17, 15) is 5.11 Å². The minimum Gasteiger partial charge on any atom is -0.508 e. The number of anilines is 1. The number of aromatic hydroxyl groups is 1. The van der Waals surface area contributed by atoms with Crippen LogP contribution < -0.4 is 5.73 Å². The first kappa shape index (κ1) is 9.26. The molecular weight excluding hydrogens is 170 g/mol. The maximum atomic E-state index is 9.18. The number of hydrogen-bond acceptors (Lipinski definition) is 3. The van der Waals surface area contributed by atoms with Crippen LogP contribution in [0.15, 0.2) is 23.1 Å². The summed E-state index contributed by atoms with van der Waals surface area (Å²) in [7, 11) is 0. The average molecular weight is 183 g/mol. The Bertz CT molecular complexity index is 273. The van der Waals surface area contributed by atoms with E-state index in [0.717, 1.165) is 10.6 Å². The molecule has 0 aliphatic heterocycles. The van der Waals surface area contributed by atoms with Crippen LogP contribution >= 0.6 is 11.8 Å².